The van der Waals surface area contributed by atoms with Crippen LogP contribution in [0.25, 0.3) is 0 Å². The van der Waals surface area contributed by atoms with E-state index in [1.54, 1.807) is 12.1 Å². The van der Waals surface area contributed by atoms with Gasteiger partial charge in [0.25, 0.3) is 0 Å². The Labute approximate surface area is 142 Å². The van der Waals surface area contributed by atoms with E-state index in [1.165, 1.54) is 12.1 Å². The summed E-state index contributed by atoms with van der Waals surface area (Å²) >= 11 is 0. The van der Waals surface area contributed by atoms with Crippen molar-refractivity contribution in [2.45, 2.75) is 31.4 Å². The zero-order valence-electron chi connectivity index (χ0n) is 13.9. The van der Waals surface area contributed by atoms with Crippen LogP contribution in [-0.4, -0.2) is 66.2 Å². The fraction of sp³-hybridized carbons (Fsp3) is 0.611. The molecule has 132 valence electrons. The molecule has 1 saturated carbocycles. The molecule has 0 spiro atoms. The van der Waals surface area contributed by atoms with Crippen molar-refractivity contribution in [2.24, 2.45) is 0 Å². The van der Waals surface area contributed by atoms with Crippen LogP contribution in [0.1, 0.15) is 30.9 Å². The number of halogens is 1. The van der Waals surface area contributed by atoms with Gasteiger partial charge < -0.3 is 14.7 Å². The van der Waals surface area contributed by atoms with Crippen LogP contribution in [0.4, 0.5) is 4.39 Å². The smallest absolute Gasteiger partial charge is 0.224 e. The Morgan fingerprint density at radius 3 is 2.58 bits per heavy atom. The highest BCUT2D eigenvalue weighted by Crippen LogP contribution is 2.29. The summed E-state index contributed by atoms with van der Waals surface area (Å²) in [6.07, 6.45) is 2.03. The van der Waals surface area contributed by atoms with Crippen LogP contribution in [0.15, 0.2) is 24.3 Å². The predicted molar refractivity (Wildman–Crippen MR) is 88.0 cm³/mol. The number of nitrogens with zero attached hydrogens (tertiary/aromatic N) is 2. The minimum Gasteiger partial charge on any atom is -0.387 e. The molecule has 1 aromatic carbocycles. The first kappa shape index (κ1) is 17.3. The normalized spacial score (nSPS) is 19.5. The van der Waals surface area contributed by atoms with Gasteiger partial charge in [0.2, 0.25) is 5.91 Å². The van der Waals surface area contributed by atoms with E-state index >= 15 is 0 Å². The minimum atomic E-state index is -0.662. The molecule has 2 fully saturated rings. The van der Waals surface area contributed by atoms with Crippen LogP contribution in [-0.2, 0) is 9.53 Å². The topological polar surface area (TPSA) is 53.0 Å². The third kappa shape index (κ3) is 4.75. The number of hydrogen-bond donors (Lipinski definition) is 1. The lowest BCUT2D eigenvalue weighted by molar-refractivity contribution is -0.135. The molecule has 1 heterocycles. The molecule has 1 atom stereocenters. The molecule has 1 aliphatic heterocycles. The Morgan fingerprint density at radius 2 is 1.96 bits per heavy atom. The summed E-state index contributed by atoms with van der Waals surface area (Å²) in [6.45, 7) is 3.69. The Morgan fingerprint density at radius 1 is 1.29 bits per heavy atom. The second kappa shape index (κ2) is 8.05. The molecule has 1 aromatic rings. The second-order valence-electron chi connectivity index (χ2n) is 6.54. The fourth-order valence-electron chi connectivity index (χ4n) is 3.09. The van der Waals surface area contributed by atoms with Gasteiger partial charge in [-0.3, -0.25) is 9.69 Å². The van der Waals surface area contributed by atoms with Crippen LogP contribution in [0.3, 0.4) is 0 Å². The molecule has 1 N–H and O–H groups in total. The molecular weight excluding hydrogens is 311 g/mol. The Kier molecular flexibility index (Phi) is 5.81. The first-order valence-electron chi connectivity index (χ1n) is 8.66. The molecule has 5 nitrogen and oxygen atoms in total. The van der Waals surface area contributed by atoms with E-state index in [2.05, 4.69) is 4.90 Å². The molecule has 1 saturated heterocycles. The first-order valence-corrected chi connectivity index (χ1v) is 8.66. The maximum atomic E-state index is 13.0. The fourth-order valence-corrected chi connectivity index (χ4v) is 3.09. The van der Waals surface area contributed by atoms with Gasteiger partial charge in [-0.05, 0) is 30.5 Å². The van der Waals surface area contributed by atoms with Gasteiger partial charge in [0.05, 0.1) is 19.3 Å². The summed E-state index contributed by atoms with van der Waals surface area (Å²) in [5.41, 5.74) is 0.710. The van der Waals surface area contributed by atoms with Crippen molar-refractivity contribution in [1.29, 1.82) is 0 Å². The third-order valence-corrected chi connectivity index (χ3v) is 4.70. The molecule has 1 unspecified atom stereocenters. The van der Waals surface area contributed by atoms with Crippen molar-refractivity contribution >= 4 is 5.91 Å². The highest BCUT2D eigenvalue weighted by Gasteiger charge is 2.31. The molecule has 1 aliphatic carbocycles. The molecule has 0 radical (unpaired) electrons. The summed E-state index contributed by atoms with van der Waals surface area (Å²) < 4.78 is 18.3. The standard InChI is InChI=1S/C18H25FN2O3/c19-15-3-1-14(2-4-15)17(22)13-21(16-5-6-16)8-7-18(23)20-9-11-24-12-10-20/h1-4,16-17,22H,5-13H2. The van der Waals surface area contributed by atoms with Crippen molar-refractivity contribution in [3.05, 3.63) is 35.6 Å². The predicted octanol–water partition coefficient (Wildman–Crippen LogP) is 1.57. The van der Waals surface area contributed by atoms with Crippen LogP contribution in [0.5, 0.6) is 0 Å². The van der Waals surface area contributed by atoms with Crippen molar-refractivity contribution in [1.82, 2.24) is 9.80 Å². The van der Waals surface area contributed by atoms with E-state index in [-0.39, 0.29) is 11.7 Å². The summed E-state index contributed by atoms with van der Waals surface area (Å²) in [5, 5.41) is 10.4. The Balaban J connectivity index is 1.51. The number of hydrogen-bond acceptors (Lipinski definition) is 4. The molecule has 6 heteroatoms. The highest BCUT2D eigenvalue weighted by atomic mass is 19.1. The van der Waals surface area contributed by atoms with Crippen LogP contribution < -0.4 is 0 Å². The number of carbonyl (C=O) groups excluding carboxylic acids is 1. The number of amides is 1. The second-order valence-corrected chi connectivity index (χ2v) is 6.54. The SMILES string of the molecule is O=C(CCN(CC(O)c1ccc(F)cc1)C1CC1)N1CCOCC1. The molecule has 0 aromatic heterocycles. The van der Waals surface area contributed by atoms with Gasteiger partial charge >= 0.3 is 0 Å². The van der Waals surface area contributed by atoms with Crippen molar-refractivity contribution in [3.63, 3.8) is 0 Å². The third-order valence-electron chi connectivity index (χ3n) is 4.70. The van der Waals surface area contributed by atoms with Gasteiger partial charge in [-0.15, -0.1) is 0 Å². The largest absolute Gasteiger partial charge is 0.387 e. The monoisotopic (exact) mass is 336 g/mol. The number of aliphatic hydroxyl groups excluding tert-OH is 1. The lowest BCUT2D eigenvalue weighted by Crippen LogP contribution is -2.42. The van der Waals surface area contributed by atoms with E-state index in [0.717, 1.165) is 12.8 Å². The molecular formula is C18H25FN2O3. The zero-order valence-corrected chi connectivity index (χ0v) is 13.9. The summed E-state index contributed by atoms with van der Waals surface area (Å²) in [7, 11) is 0. The zero-order chi connectivity index (χ0) is 16.9. The highest BCUT2D eigenvalue weighted by molar-refractivity contribution is 5.76. The van der Waals surface area contributed by atoms with Gasteiger partial charge in [0.1, 0.15) is 5.82 Å². The van der Waals surface area contributed by atoms with E-state index in [0.29, 0.717) is 57.4 Å². The lowest BCUT2D eigenvalue weighted by atomic mass is 10.1. The lowest BCUT2D eigenvalue weighted by Gasteiger charge is -2.29. The number of aliphatic hydroxyl groups is 1. The minimum absolute atomic E-state index is 0.153. The number of morpholine rings is 1. The Hall–Kier alpha value is -1.50. The summed E-state index contributed by atoms with van der Waals surface area (Å²) in [5.74, 6) is -0.152. The number of carbonyl (C=O) groups is 1. The first-order chi connectivity index (χ1) is 11.6. The van der Waals surface area contributed by atoms with Crippen LogP contribution in [0, 0.1) is 5.82 Å². The molecule has 0 bridgehead atoms. The average Bonchev–Trinajstić information content (AvgIpc) is 3.44. The van der Waals surface area contributed by atoms with Gasteiger partial charge in [0.15, 0.2) is 0 Å². The maximum Gasteiger partial charge on any atom is 0.224 e. The van der Waals surface area contributed by atoms with Crippen molar-refractivity contribution in [3.8, 4) is 0 Å². The molecule has 3 rings (SSSR count). The van der Waals surface area contributed by atoms with Gasteiger partial charge in [0, 0.05) is 38.6 Å². The average molecular weight is 336 g/mol. The van der Waals surface area contributed by atoms with E-state index < -0.39 is 6.10 Å². The number of rotatable bonds is 7. The van der Waals surface area contributed by atoms with E-state index in [9.17, 15) is 14.3 Å². The number of benzene rings is 1. The molecule has 24 heavy (non-hydrogen) atoms. The van der Waals surface area contributed by atoms with Crippen LogP contribution >= 0.6 is 0 Å². The maximum absolute atomic E-state index is 13.0. The summed E-state index contributed by atoms with van der Waals surface area (Å²) in [4.78, 5) is 16.3. The molecule has 1 amide bonds. The van der Waals surface area contributed by atoms with Crippen molar-refractivity contribution in [2.75, 3.05) is 39.4 Å². The Bertz CT molecular complexity index is 542. The van der Waals surface area contributed by atoms with Crippen LogP contribution in [0.2, 0.25) is 0 Å². The molecule has 2 aliphatic rings. The van der Waals surface area contributed by atoms with Gasteiger partial charge in [-0.25, -0.2) is 4.39 Å². The van der Waals surface area contributed by atoms with Gasteiger partial charge in [-0.2, -0.15) is 0 Å². The van der Waals surface area contributed by atoms with E-state index in [1.807, 2.05) is 4.90 Å². The van der Waals surface area contributed by atoms with Gasteiger partial charge in [-0.1, -0.05) is 12.1 Å². The van der Waals surface area contributed by atoms with Crippen molar-refractivity contribution < 1.29 is 19.0 Å². The van der Waals surface area contributed by atoms with E-state index in [4.69, 9.17) is 4.74 Å². The number of ether oxygens (including phenoxy) is 1. The quantitative estimate of drug-likeness (QED) is 0.821. The summed E-state index contributed by atoms with van der Waals surface area (Å²) in [6, 6.07) is 6.41.